The number of hydrogen-bond donors (Lipinski definition) is 2. The van der Waals surface area contributed by atoms with E-state index in [1.54, 1.807) is 0 Å². The summed E-state index contributed by atoms with van der Waals surface area (Å²) in [6, 6.07) is 18.4. The van der Waals surface area contributed by atoms with Crippen LogP contribution in [0.5, 0.6) is 0 Å². The molecule has 0 atom stereocenters. The number of aliphatic hydroxyl groups excluding tert-OH is 1. The number of pyridine rings is 1. The summed E-state index contributed by atoms with van der Waals surface area (Å²) in [5.41, 5.74) is 4.46. The number of fused-ring (bicyclic) bond motifs is 1. The van der Waals surface area contributed by atoms with Crippen molar-refractivity contribution in [3.05, 3.63) is 71.9 Å². The molecule has 3 heteroatoms. The quantitative estimate of drug-likeness (QED) is 0.752. The highest BCUT2D eigenvalue weighted by atomic mass is 16.2. The number of rotatable bonds is 5. The van der Waals surface area contributed by atoms with Gasteiger partial charge in [-0.3, -0.25) is 4.98 Å². The minimum absolute atomic E-state index is 0.189. The molecular formula is C18H18N2O. The van der Waals surface area contributed by atoms with Gasteiger partial charge in [0.1, 0.15) is 0 Å². The Kier molecular flexibility index (Phi) is 4.12. The van der Waals surface area contributed by atoms with Crippen LogP contribution in [-0.4, -0.2) is 16.7 Å². The van der Waals surface area contributed by atoms with Gasteiger partial charge in [-0.25, -0.2) is 0 Å². The molecule has 3 rings (SSSR count). The Morgan fingerprint density at radius 3 is 2.57 bits per heavy atom. The first-order valence-electron chi connectivity index (χ1n) is 7.13. The van der Waals surface area contributed by atoms with Gasteiger partial charge in [-0.15, -0.1) is 0 Å². The monoisotopic (exact) mass is 278 g/mol. The molecule has 0 aliphatic rings. The number of nitrogens with one attached hydrogen (secondary N) is 1. The van der Waals surface area contributed by atoms with E-state index in [4.69, 9.17) is 5.11 Å². The highest BCUT2D eigenvalue weighted by Crippen LogP contribution is 2.18. The first-order valence-corrected chi connectivity index (χ1v) is 7.13. The van der Waals surface area contributed by atoms with Gasteiger partial charge in [0, 0.05) is 30.4 Å². The molecule has 106 valence electrons. The van der Waals surface area contributed by atoms with E-state index in [9.17, 15) is 0 Å². The largest absolute Gasteiger partial charge is 0.396 e. The molecule has 21 heavy (non-hydrogen) atoms. The van der Waals surface area contributed by atoms with Gasteiger partial charge in [-0.2, -0.15) is 0 Å². The van der Waals surface area contributed by atoms with Gasteiger partial charge >= 0.3 is 0 Å². The zero-order valence-electron chi connectivity index (χ0n) is 11.8. The summed E-state index contributed by atoms with van der Waals surface area (Å²) >= 11 is 0. The number of para-hydroxylation sites is 1. The minimum atomic E-state index is 0.189. The summed E-state index contributed by atoms with van der Waals surface area (Å²) in [6.07, 6.45) is 2.53. The number of hydrogen-bond acceptors (Lipinski definition) is 3. The van der Waals surface area contributed by atoms with Crippen LogP contribution in [0.2, 0.25) is 0 Å². The van der Waals surface area contributed by atoms with Crippen molar-refractivity contribution in [3.8, 4) is 0 Å². The zero-order chi connectivity index (χ0) is 14.5. The molecule has 0 aliphatic carbocycles. The maximum Gasteiger partial charge on any atom is 0.0751 e. The van der Waals surface area contributed by atoms with Crippen molar-refractivity contribution in [1.82, 2.24) is 4.98 Å². The van der Waals surface area contributed by atoms with Gasteiger partial charge in [0.15, 0.2) is 0 Å². The molecule has 0 saturated carbocycles. The van der Waals surface area contributed by atoms with E-state index in [0.29, 0.717) is 6.42 Å². The number of benzene rings is 2. The van der Waals surface area contributed by atoms with Crippen molar-refractivity contribution in [1.29, 1.82) is 0 Å². The fourth-order valence-electron chi connectivity index (χ4n) is 2.43. The fraction of sp³-hybridized carbons (Fsp3) is 0.167. The molecular weight excluding hydrogens is 260 g/mol. The van der Waals surface area contributed by atoms with Crippen LogP contribution in [-0.2, 0) is 13.0 Å². The van der Waals surface area contributed by atoms with E-state index in [1.165, 1.54) is 5.56 Å². The third-order valence-electron chi connectivity index (χ3n) is 3.55. The Hall–Kier alpha value is -2.39. The molecule has 3 nitrogen and oxygen atoms in total. The second kappa shape index (κ2) is 6.37. The van der Waals surface area contributed by atoms with Gasteiger partial charge in [-0.1, -0.05) is 36.4 Å². The molecule has 2 aromatic carbocycles. The Bertz CT molecular complexity index is 717. The number of anilines is 1. The van der Waals surface area contributed by atoms with Gasteiger partial charge in [-0.05, 0) is 35.7 Å². The molecule has 3 aromatic rings. The highest BCUT2D eigenvalue weighted by molar-refractivity contribution is 5.81. The normalized spacial score (nSPS) is 10.7. The van der Waals surface area contributed by atoms with Crippen molar-refractivity contribution in [2.45, 2.75) is 13.0 Å². The molecule has 0 saturated heterocycles. The van der Waals surface area contributed by atoms with Crippen LogP contribution >= 0.6 is 0 Å². The number of nitrogens with zero attached hydrogens (tertiary/aromatic N) is 1. The molecule has 2 N–H and O–H groups in total. The van der Waals surface area contributed by atoms with Crippen molar-refractivity contribution in [2.75, 3.05) is 11.9 Å². The molecule has 0 unspecified atom stereocenters. The van der Waals surface area contributed by atoms with Crippen molar-refractivity contribution < 1.29 is 5.11 Å². The Morgan fingerprint density at radius 1 is 0.952 bits per heavy atom. The molecule has 0 spiro atoms. The maximum atomic E-state index is 8.92. The average molecular weight is 278 g/mol. The van der Waals surface area contributed by atoms with E-state index >= 15 is 0 Å². The van der Waals surface area contributed by atoms with E-state index < -0.39 is 0 Å². The lowest BCUT2D eigenvalue weighted by Gasteiger charge is -2.09. The number of aromatic nitrogens is 1. The lowest BCUT2D eigenvalue weighted by molar-refractivity contribution is 0.299. The van der Waals surface area contributed by atoms with Crippen LogP contribution in [0.25, 0.3) is 10.9 Å². The van der Waals surface area contributed by atoms with Crippen LogP contribution in [0, 0.1) is 0 Å². The minimum Gasteiger partial charge on any atom is -0.396 e. The second-order valence-electron chi connectivity index (χ2n) is 5.02. The fourth-order valence-corrected chi connectivity index (χ4v) is 2.43. The SMILES string of the molecule is OCCc1ccc(NCc2cccc3cccnc23)cc1. The van der Waals surface area contributed by atoms with Gasteiger partial charge in [0.05, 0.1) is 5.52 Å². The number of aliphatic hydroxyl groups is 1. The van der Waals surface area contributed by atoms with Crippen molar-refractivity contribution in [2.24, 2.45) is 0 Å². The summed E-state index contributed by atoms with van der Waals surface area (Å²) in [5, 5.41) is 13.5. The summed E-state index contributed by atoms with van der Waals surface area (Å²) in [4.78, 5) is 4.46. The van der Waals surface area contributed by atoms with E-state index in [2.05, 4.69) is 34.6 Å². The van der Waals surface area contributed by atoms with Gasteiger partial charge in [0.25, 0.3) is 0 Å². The Balaban J connectivity index is 1.74. The predicted octanol–water partition coefficient (Wildman–Crippen LogP) is 3.38. The van der Waals surface area contributed by atoms with Gasteiger partial charge in [0.2, 0.25) is 0 Å². The second-order valence-corrected chi connectivity index (χ2v) is 5.02. The predicted molar refractivity (Wildman–Crippen MR) is 86.3 cm³/mol. The molecule has 1 aromatic heterocycles. The molecule has 0 aliphatic heterocycles. The van der Waals surface area contributed by atoms with E-state index in [0.717, 1.165) is 28.7 Å². The highest BCUT2D eigenvalue weighted by Gasteiger charge is 2.01. The van der Waals surface area contributed by atoms with Crippen LogP contribution < -0.4 is 5.32 Å². The third-order valence-corrected chi connectivity index (χ3v) is 3.55. The van der Waals surface area contributed by atoms with Crippen molar-refractivity contribution in [3.63, 3.8) is 0 Å². The Labute approximate surface area is 124 Å². The maximum absolute atomic E-state index is 8.92. The topological polar surface area (TPSA) is 45.1 Å². The summed E-state index contributed by atoms with van der Waals surface area (Å²) in [7, 11) is 0. The lowest BCUT2D eigenvalue weighted by atomic mass is 10.1. The molecule has 0 radical (unpaired) electrons. The van der Waals surface area contributed by atoms with E-state index in [-0.39, 0.29) is 6.61 Å². The first kappa shape index (κ1) is 13.6. The molecule has 0 bridgehead atoms. The summed E-state index contributed by atoms with van der Waals surface area (Å²) in [5.74, 6) is 0. The van der Waals surface area contributed by atoms with Crippen LogP contribution in [0.15, 0.2) is 60.8 Å². The van der Waals surface area contributed by atoms with Crippen LogP contribution in [0.4, 0.5) is 5.69 Å². The lowest BCUT2D eigenvalue weighted by Crippen LogP contribution is -2.01. The van der Waals surface area contributed by atoms with Crippen molar-refractivity contribution >= 4 is 16.6 Å². The van der Waals surface area contributed by atoms with Crippen LogP contribution in [0.1, 0.15) is 11.1 Å². The summed E-state index contributed by atoms with van der Waals surface area (Å²) < 4.78 is 0. The van der Waals surface area contributed by atoms with Crippen LogP contribution in [0.3, 0.4) is 0 Å². The molecule has 0 amide bonds. The standard InChI is InChI=1S/C18H18N2O/c21-12-10-14-6-8-17(9-7-14)20-13-16-4-1-3-15-5-2-11-19-18(15)16/h1-9,11,20-21H,10,12-13H2. The third kappa shape index (κ3) is 3.20. The van der Waals surface area contributed by atoms with Gasteiger partial charge < -0.3 is 10.4 Å². The summed E-state index contributed by atoms with van der Waals surface area (Å²) in [6.45, 7) is 0.933. The smallest absolute Gasteiger partial charge is 0.0751 e. The molecule has 1 heterocycles. The first-order chi connectivity index (χ1) is 10.4. The average Bonchev–Trinajstić information content (AvgIpc) is 2.54. The van der Waals surface area contributed by atoms with E-state index in [1.807, 2.05) is 36.5 Å². The Morgan fingerprint density at radius 2 is 1.76 bits per heavy atom. The zero-order valence-corrected chi connectivity index (χ0v) is 11.8. The molecule has 0 fully saturated rings.